The molecule has 2 aromatic rings. The summed E-state index contributed by atoms with van der Waals surface area (Å²) in [4.78, 5) is 15.2. The van der Waals surface area contributed by atoms with Gasteiger partial charge in [0.05, 0.1) is 17.1 Å². The zero-order valence-corrected chi connectivity index (χ0v) is 11.7. The lowest BCUT2D eigenvalue weighted by atomic mass is 10.1. The van der Waals surface area contributed by atoms with E-state index in [1.165, 1.54) is 0 Å². The van der Waals surface area contributed by atoms with Crippen molar-refractivity contribution in [3.8, 4) is 11.3 Å². The standard InChI is InChI=1S/C14H11Cl2NO2/c1-8-4-9(6-14(18)19)5-13(17-8)11-7-10(15)2-3-12(11)16/h2-5,7H,6H2,1H3,(H,18,19). The van der Waals surface area contributed by atoms with Gasteiger partial charge < -0.3 is 5.11 Å². The molecule has 0 spiro atoms. The molecular formula is C14H11Cl2NO2. The molecule has 1 aromatic heterocycles. The fraction of sp³-hybridized carbons (Fsp3) is 0.143. The molecule has 0 atom stereocenters. The number of carboxylic acids is 1. The molecule has 2 rings (SSSR count). The van der Waals surface area contributed by atoms with Gasteiger partial charge in [0, 0.05) is 16.3 Å². The molecule has 98 valence electrons. The molecule has 3 nitrogen and oxygen atoms in total. The molecule has 0 fully saturated rings. The summed E-state index contributed by atoms with van der Waals surface area (Å²) in [6.45, 7) is 1.81. The minimum atomic E-state index is -0.881. The Morgan fingerprint density at radius 1 is 1.26 bits per heavy atom. The van der Waals surface area contributed by atoms with Crippen molar-refractivity contribution < 1.29 is 9.90 Å². The third-order valence-corrected chi connectivity index (χ3v) is 3.14. The van der Waals surface area contributed by atoms with Crippen LogP contribution >= 0.6 is 23.2 Å². The van der Waals surface area contributed by atoms with Gasteiger partial charge in [0.2, 0.25) is 0 Å². The number of benzene rings is 1. The van der Waals surface area contributed by atoms with E-state index in [0.29, 0.717) is 26.9 Å². The van der Waals surface area contributed by atoms with Gasteiger partial charge >= 0.3 is 5.97 Å². The Kier molecular flexibility index (Phi) is 4.08. The van der Waals surface area contributed by atoms with E-state index >= 15 is 0 Å². The molecule has 0 saturated carbocycles. The smallest absolute Gasteiger partial charge is 0.307 e. The van der Waals surface area contributed by atoms with Crippen LogP contribution in [0.25, 0.3) is 11.3 Å². The molecule has 0 radical (unpaired) electrons. The van der Waals surface area contributed by atoms with Crippen molar-refractivity contribution in [2.75, 3.05) is 0 Å². The number of halogens is 2. The van der Waals surface area contributed by atoms with Crippen LogP contribution in [0.4, 0.5) is 0 Å². The maximum Gasteiger partial charge on any atom is 0.307 e. The molecule has 0 aliphatic carbocycles. The summed E-state index contributed by atoms with van der Waals surface area (Å²) in [7, 11) is 0. The van der Waals surface area contributed by atoms with Crippen LogP contribution in [0.2, 0.25) is 10.0 Å². The zero-order chi connectivity index (χ0) is 14.0. The Balaban J connectivity index is 2.52. The highest BCUT2D eigenvalue weighted by molar-refractivity contribution is 6.35. The van der Waals surface area contributed by atoms with E-state index in [0.717, 1.165) is 5.69 Å². The number of aromatic nitrogens is 1. The number of rotatable bonds is 3. The van der Waals surface area contributed by atoms with Gasteiger partial charge in [0.15, 0.2) is 0 Å². The molecule has 0 amide bonds. The van der Waals surface area contributed by atoms with E-state index in [4.69, 9.17) is 28.3 Å². The van der Waals surface area contributed by atoms with E-state index in [2.05, 4.69) is 4.98 Å². The number of nitrogens with zero attached hydrogens (tertiary/aromatic N) is 1. The largest absolute Gasteiger partial charge is 0.481 e. The van der Waals surface area contributed by atoms with Gasteiger partial charge in [0.1, 0.15) is 0 Å². The summed E-state index contributed by atoms with van der Waals surface area (Å²) in [5.41, 5.74) is 2.75. The van der Waals surface area contributed by atoms with Crippen molar-refractivity contribution in [1.29, 1.82) is 0 Å². The van der Waals surface area contributed by atoms with Crippen molar-refractivity contribution in [2.45, 2.75) is 13.3 Å². The minimum absolute atomic E-state index is 0.0471. The molecule has 0 bridgehead atoms. The number of aryl methyl sites for hydroxylation is 1. The molecular weight excluding hydrogens is 285 g/mol. The van der Waals surface area contributed by atoms with Crippen molar-refractivity contribution in [3.05, 3.63) is 51.6 Å². The first-order valence-electron chi connectivity index (χ1n) is 5.60. The van der Waals surface area contributed by atoms with Crippen molar-refractivity contribution in [1.82, 2.24) is 4.98 Å². The second kappa shape index (κ2) is 5.59. The highest BCUT2D eigenvalue weighted by Gasteiger charge is 2.09. The van der Waals surface area contributed by atoms with Crippen LogP contribution in [0.1, 0.15) is 11.3 Å². The normalized spacial score (nSPS) is 10.5. The summed E-state index contributed by atoms with van der Waals surface area (Å²) < 4.78 is 0. The third-order valence-electron chi connectivity index (χ3n) is 2.57. The molecule has 0 unspecified atom stereocenters. The summed E-state index contributed by atoms with van der Waals surface area (Å²) in [5.74, 6) is -0.881. The first-order chi connectivity index (χ1) is 8.95. The van der Waals surface area contributed by atoms with Gasteiger partial charge in [-0.15, -0.1) is 0 Å². The van der Waals surface area contributed by atoms with Crippen LogP contribution < -0.4 is 0 Å². The van der Waals surface area contributed by atoms with Gasteiger partial charge in [-0.3, -0.25) is 9.78 Å². The topological polar surface area (TPSA) is 50.2 Å². The van der Waals surface area contributed by atoms with E-state index < -0.39 is 5.97 Å². The maximum absolute atomic E-state index is 10.8. The SMILES string of the molecule is Cc1cc(CC(=O)O)cc(-c2cc(Cl)ccc2Cl)n1. The van der Waals surface area contributed by atoms with Crippen molar-refractivity contribution >= 4 is 29.2 Å². The summed E-state index contributed by atoms with van der Waals surface area (Å²) >= 11 is 12.1. The summed E-state index contributed by atoms with van der Waals surface area (Å²) in [6.07, 6.45) is -0.0471. The van der Waals surface area contributed by atoms with Crippen LogP contribution in [0.15, 0.2) is 30.3 Å². The van der Waals surface area contributed by atoms with Gasteiger partial charge in [-0.2, -0.15) is 0 Å². The van der Waals surface area contributed by atoms with E-state index in [1.54, 1.807) is 30.3 Å². The number of hydrogen-bond acceptors (Lipinski definition) is 2. The predicted octanol–water partition coefficient (Wildman–Crippen LogP) is 3.99. The Morgan fingerprint density at radius 3 is 2.68 bits per heavy atom. The van der Waals surface area contributed by atoms with Crippen LogP contribution in [0, 0.1) is 6.92 Å². The minimum Gasteiger partial charge on any atom is -0.481 e. The number of hydrogen-bond donors (Lipinski definition) is 1. The molecule has 0 saturated heterocycles. The van der Waals surface area contributed by atoms with Gasteiger partial charge in [0.25, 0.3) is 0 Å². The monoisotopic (exact) mass is 295 g/mol. The molecule has 1 heterocycles. The highest BCUT2D eigenvalue weighted by Crippen LogP contribution is 2.30. The van der Waals surface area contributed by atoms with E-state index in [1.807, 2.05) is 6.92 Å². The van der Waals surface area contributed by atoms with E-state index in [-0.39, 0.29) is 6.42 Å². The average molecular weight is 296 g/mol. The van der Waals surface area contributed by atoms with Gasteiger partial charge in [-0.05, 0) is 42.8 Å². The lowest BCUT2D eigenvalue weighted by molar-refractivity contribution is -0.136. The average Bonchev–Trinajstić information content (AvgIpc) is 2.30. The predicted molar refractivity (Wildman–Crippen MR) is 75.8 cm³/mol. The van der Waals surface area contributed by atoms with E-state index in [9.17, 15) is 4.79 Å². The number of carboxylic acid groups (broad SMARTS) is 1. The summed E-state index contributed by atoms with van der Waals surface area (Å²) in [5, 5.41) is 9.94. The fourth-order valence-electron chi connectivity index (χ4n) is 1.85. The molecule has 1 aromatic carbocycles. The third kappa shape index (κ3) is 3.46. The van der Waals surface area contributed by atoms with Crippen molar-refractivity contribution in [3.63, 3.8) is 0 Å². The van der Waals surface area contributed by atoms with Crippen LogP contribution in [-0.2, 0) is 11.2 Å². The maximum atomic E-state index is 10.8. The van der Waals surface area contributed by atoms with Crippen LogP contribution in [-0.4, -0.2) is 16.1 Å². The number of carbonyl (C=O) groups is 1. The van der Waals surface area contributed by atoms with Gasteiger partial charge in [-0.25, -0.2) is 0 Å². The number of pyridine rings is 1. The van der Waals surface area contributed by atoms with Gasteiger partial charge in [-0.1, -0.05) is 23.2 Å². The summed E-state index contributed by atoms with van der Waals surface area (Å²) in [6, 6.07) is 8.58. The van der Waals surface area contributed by atoms with Crippen LogP contribution in [0.3, 0.4) is 0 Å². The molecule has 1 N–H and O–H groups in total. The fourth-order valence-corrected chi connectivity index (χ4v) is 2.24. The first-order valence-corrected chi connectivity index (χ1v) is 6.36. The Morgan fingerprint density at radius 2 is 2.00 bits per heavy atom. The Bertz CT molecular complexity index is 641. The highest BCUT2D eigenvalue weighted by atomic mass is 35.5. The molecule has 0 aliphatic heterocycles. The van der Waals surface area contributed by atoms with Crippen molar-refractivity contribution in [2.24, 2.45) is 0 Å². The second-order valence-electron chi connectivity index (χ2n) is 4.20. The zero-order valence-electron chi connectivity index (χ0n) is 10.2. The second-order valence-corrected chi connectivity index (χ2v) is 5.04. The van der Waals surface area contributed by atoms with Crippen LogP contribution in [0.5, 0.6) is 0 Å². The Hall–Kier alpha value is -1.58. The lowest BCUT2D eigenvalue weighted by Gasteiger charge is -2.08. The first kappa shape index (κ1) is 13.8. The lowest BCUT2D eigenvalue weighted by Crippen LogP contribution is -2.01. The molecule has 0 aliphatic rings. The number of aliphatic carboxylic acids is 1. The molecule has 19 heavy (non-hydrogen) atoms. The quantitative estimate of drug-likeness (QED) is 0.931. The molecule has 5 heteroatoms. The Labute approximate surface area is 120 Å².